The van der Waals surface area contributed by atoms with Crippen molar-refractivity contribution in [2.24, 2.45) is 5.16 Å². The number of thioether (sulfide) groups is 1. The molecule has 9 N–H and O–H groups in total. The van der Waals surface area contributed by atoms with E-state index in [1.165, 1.54) is 0 Å². The first-order valence-electron chi connectivity index (χ1n) is 44.6. The van der Waals surface area contributed by atoms with Gasteiger partial charge in [-0.2, -0.15) is 0 Å². The van der Waals surface area contributed by atoms with Gasteiger partial charge in [0, 0.05) is 121 Å². The van der Waals surface area contributed by atoms with E-state index in [9.17, 15) is 101 Å². The third-order valence-electron chi connectivity index (χ3n) is 18.5. The summed E-state index contributed by atoms with van der Waals surface area (Å²) in [5.74, 6) is -7.58. The number of carbonyl (C=O) groups is 20. The van der Waals surface area contributed by atoms with Crippen molar-refractivity contribution >= 4 is 138 Å². The zero-order chi connectivity index (χ0) is 99.0. The second-order valence-electron chi connectivity index (χ2n) is 29.1. The molecule has 16 amide bonds. The molecule has 0 heterocycles. The molecule has 0 bridgehead atoms. The number of nitrogens with zero attached hydrogens (tertiary/aromatic N) is 6. The third kappa shape index (κ3) is 65.6. The predicted molar refractivity (Wildman–Crippen MR) is 478 cm³/mol. The van der Waals surface area contributed by atoms with Crippen molar-refractivity contribution in [3.8, 4) is 0 Å². The highest BCUT2D eigenvalue weighted by Gasteiger charge is 2.29. The van der Waals surface area contributed by atoms with Crippen LogP contribution >= 0.6 is 11.8 Å². The monoisotopic (exact) mass is 1910 g/mol. The van der Waals surface area contributed by atoms with E-state index in [0.29, 0.717) is 147 Å². The summed E-state index contributed by atoms with van der Waals surface area (Å²) < 4.78 is 50.7. The van der Waals surface area contributed by atoms with Crippen LogP contribution in [-0.4, -0.2) is 315 Å². The van der Waals surface area contributed by atoms with Crippen LogP contribution in [0.3, 0.4) is 0 Å². The fraction of sp³-hybridized carbons (Fsp3) is 0.663. The smallest absolute Gasteiger partial charge is 0.433 e. The summed E-state index contributed by atoms with van der Waals surface area (Å²) in [4.78, 5) is 258. The van der Waals surface area contributed by atoms with Crippen LogP contribution in [0.25, 0.3) is 0 Å². The predicted octanol–water partition coefficient (Wildman–Crippen LogP) is 10.7. The fourth-order valence-corrected chi connectivity index (χ4v) is 12.2. The Morgan fingerprint density at radius 1 is 0.323 bits per heavy atom. The molecule has 0 saturated heterocycles. The van der Waals surface area contributed by atoms with E-state index in [2.05, 4.69) is 63.4 Å². The molecule has 1 unspecified atom stereocenters. The number of unbranched alkanes of at least 4 members (excludes halogenated alkanes) is 19. The topological polar surface area (TPSA) is 604 Å². The van der Waals surface area contributed by atoms with Crippen LogP contribution in [0.4, 0.5) is 52.7 Å². The molecule has 0 aliphatic rings. The minimum absolute atomic E-state index is 0.0135. The van der Waals surface area contributed by atoms with Crippen molar-refractivity contribution < 1.29 is 163 Å². The number of imide groups is 5. The maximum absolute atomic E-state index is 13.6. The average Bonchev–Trinajstić information content (AvgIpc) is 0.915. The molecule has 0 radical (unpaired) electrons. The number of amides is 16. The summed E-state index contributed by atoms with van der Waals surface area (Å²) in [6.07, 6.45) is 9.76. The highest BCUT2D eigenvalue weighted by atomic mass is 32.2. The number of hydrogen-bond acceptors (Lipinski definition) is 33. The molecule has 0 aliphatic heterocycles. The Hall–Kier alpha value is -12.6. The lowest BCUT2D eigenvalue weighted by atomic mass is 10.1. The quantitative estimate of drug-likeness (QED) is 0.00519. The summed E-state index contributed by atoms with van der Waals surface area (Å²) in [7, 11) is 0. The molecule has 0 spiro atoms. The minimum Gasteiger partial charge on any atom is -0.481 e. The molecular formula is C86H136N12O34S. The molecule has 750 valence electrons. The molecular weight excluding hydrogens is 1780 g/mol. The third-order valence-corrected chi connectivity index (χ3v) is 19.7. The molecule has 0 fully saturated rings. The zero-order valence-electron chi connectivity index (χ0n) is 76.5. The number of Topliss-reactive ketones (excluding diaryl/α,β-unsaturated/α-hetero) is 1. The molecule has 47 heteroatoms. The van der Waals surface area contributed by atoms with E-state index in [1.807, 2.05) is 6.92 Å². The number of carbonyl (C=O) groups excluding carboxylic acids is 17. The lowest BCUT2D eigenvalue weighted by molar-refractivity contribution is -0.144. The van der Waals surface area contributed by atoms with Gasteiger partial charge in [-0.25, -0.2) is 96.4 Å². The maximum Gasteiger partial charge on any atom is 0.433 e. The van der Waals surface area contributed by atoms with Gasteiger partial charge in [0.05, 0.1) is 18.6 Å². The van der Waals surface area contributed by atoms with E-state index in [1.54, 1.807) is 6.92 Å². The number of hydrogen-bond donors (Lipinski definition) is 9. The van der Waals surface area contributed by atoms with Crippen LogP contribution in [0.5, 0.6) is 0 Å². The normalized spacial score (nSPS) is 10.9. The Morgan fingerprint density at radius 3 is 0.865 bits per heavy atom. The summed E-state index contributed by atoms with van der Waals surface area (Å²) in [5, 5.41) is 45.5. The summed E-state index contributed by atoms with van der Waals surface area (Å²) >= 11 is 0.743. The Kier molecular flexibility index (Phi) is 71.6. The van der Waals surface area contributed by atoms with Gasteiger partial charge in [-0.15, -0.1) is 11.8 Å². The van der Waals surface area contributed by atoms with Gasteiger partial charge in [-0.05, 0) is 96.8 Å². The Morgan fingerprint density at radius 2 is 0.586 bits per heavy atom. The first kappa shape index (κ1) is 120. The number of aliphatic carboxylic acids is 3. The van der Waals surface area contributed by atoms with Crippen molar-refractivity contribution in [2.45, 2.75) is 225 Å². The van der Waals surface area contributed by atoms with Gasteiger partial charge in [0.25, 0.3) is 0 Å². The van der Waals surface area contributed by atoms with E-state index < -0.39 is 153 Å². The van der Waals surface area contributed by atoms with Crippen molar-refractivity contribution in [1.29, 1.82) is 0 Å². The number of rotatable bonds is 75. The van der Waals surface area contributed by atoms with Gasteiger partial charge in [-0.3, -0.25) is 28.8 Å². The summed E-state index contributed by atoms with van der Waals surface area (Å²) in [5.41, 5.74) is 0.647. The first-order valence-corrected chi connectivity index (χ1v) is 45.6. The van der Waals surface area contributed by atoms with E-state index in [0.717, 1.165) is 73.4 Å². The van der Waals surface area contributed by atoms with Gasteiger partial charge in [0.15, 0.2) is 0 Å². The SMILES string of the molecule is C=CC(=O)OCCOC(=O)N(CCCCCCNC(=O)O/N=C(\C)CC)C(=O)NCCCCCCN(C(=O)NCCCCCCN(C(=O)NCCCCCCN(C(=O)NCCCCCCN(C(=O)NCCCCCCCC(=O)CCCC(=O)O)C(=O)OCCOC(=O)CCSC(CC(=O)O)C(=O)O)C(=O)OCCOC(=O)C=C)C(=O)OCCOC(=O)C=C)C(=O)OCCOC(=O)C=C. The molecule has 46 nitrogen and oxygen atoms in total. The van der Waals surface area contributed by atoms with Crippen molar-refractivity contribution in [3.63, 3.8) is 0 Å². The van der Waals surface area contributed by atoms with E-state index >= 15 is 0 Å². The number of ether oxygens (including phenoxy) is 10. The molecule has 133 heavy (non-hydrogen) atoms. The van der Waals surface area contributed by atoms with Crippen LogP contribution < -0.4 is 31.9 Å². The molecule has 0 aromatic heterocycles. The second kappa shape index (κ2) is 79.2. The maximum atomic E-state index is 13.6. The van der Waals surface area contributed by atoms with Crippen molar-refractivity contribution in [1.82, 2.24) is 56.4 Å². The first-order chi connectivity index (χ1) is 63.8. The van der Waals surface area contributed by atoms with E-state index in [-0.39, 0.29) is 168 Å². The van der Waals surface area contributed by atoms with Crippen LogP contribution in [0.1, 0.15) is 219 Å². The van der Waals surface area contributed by atoms with Gasteiger partial charge >= 0.3 is 114 Å². The van der Waals surface area contributed by atoms with Gasteiger partial charge < -0.3 is 94.6 Å². The number of esters is 5. The lowest BCUT2D eigenvalue weighted by Gasteiger charge is -2.22. The number of carboxylic acid groups (broad SMARTS) is 3. The molecule has 1 atom stereocenters. The highest BCUT2D eigenvalue weighted by molar-refractivity contribution is 8.00. The molecule has 0 saturated carbocycles. The summed E-state index contributed by atoms with van der Waals surface area (Å²) in [6.45, 7) is 13.3. The highest BCUT2D eigenvalue weighted by Crippen LogP contribution is 2.18. The fourth-order valence-electron chi connectivity index (χ4n) is 11.2. The lowest BCUT2D eigenvalue weighted by Crippen LogP contribution is -2.45. The van der Waals surface area contributed by atoms with Gasteiger partial charge in [0.1, 0.15) is 77.1 Å². The average molecular weight is 1910 g/mol. The Bertz CT molecular complexity index is 3680. The van der Waals surface area contributed by atoms with Crippen LogP contribution in [0.15, 0.2) is 55.8 Å². The van der Waals surface area contributed by atoms with Gasteiger partial charge in [0.2, 0.25) is 0 Å². The Balaban J connectivity index is 5.80. The molecule has 0 aromatic carbocycles. The number of oxime groups is 1. The number of urea groups is 5. The molecule has 0 aromatic rings. The molecule has 0 rings (SSSR count). The zero-order valence-corrected chi connectivity index (χ0v) is 77.3. The van der Waals surface area contributed by atoms with Crippen molar-refractivity contribution in [3.05, 3.63) is 50.6 Å². The number of nitrogens with one attached hydrogen (secondary N) is 6. The largest absolute Gasteiger partial charge is 0.481 e. The minimum atomic E-state index is -1.36. The second-order valence-corrected chi connectivity index (χ2v) is 30.4. The van der Waals surface area contributed by atoms with Crippen LogP contribution in [0, 0.1) is 0 Å². The standard InChI is InChI=1S/C86H136N12O34S/c1-7-65(6)93-132-81(116)92-47-31-19-24-36-52-97(85(120)130-61-56-125-73(107)11-5)80(115)91-46-29-17-22-34-50-95(83(118)128-59-54-123-71(105)9-3)78(113)89-44-27-15-20-32-48-94(82(117)127-58-53-122-70(104)8-2)77(112)88-43-28-16-21-33-49-96(84(119)129-60-55-124-72(106)10-4)79(114)90-45-30-18-23-35-51-98(76(111)87-42-26-14-12-13-25-38-66(99)39-37-40-68(100)101)86(121)131-62-57-126-74(108)41-63-133-67(75(109)110)64-69(102)103/h8-11,67H,2-5,7,12-64H2,1,6H3,(H,87,111)(H,88,112)(H,89,113)(H,90,114)(H,91,115)(H,92,116)(H,100,101)(H,102,103)(H,109,110)/b93-65+. The van der Waals surface area contributed by atoms with Crippen molar-refractivity contribution in [2.75, 3.05) is 144 Å². The molecule has 0 aliphatic carbocycles. The van der Waals surface area contributed by atoms with Gasteiger partial charge in [-0.1, -0.05) is 122 Å². The number of carboxylic acids is 3. The number of ketones is 1. The summed E-state index contributed by atoms with van der Waals surface area (Å²) in [6, 6.07) is -3.96. The van der Waals surface area contributed by atoms with Crippen LogP contribution in [-0.2, 0) is 95.4 Å². The Labute approximate surface area is 778 Å². The van der Waals surface area contributed by atoms with Crippen LogP contribution in [0.2, 0.25) is 0 Å². The van der Waals surface area contributed by atoms with E-state index in [4.69, 9.17) is 62.4 Å².